The molecular weight excluding hydrogens is 292 g/mol. The summed E-state index contributed by atoms with van der Waals surface area (Å²) in [6, 6.07) is 12.3. The van der Waals surface area contributed by atoms with Crippen molar-refractivity contribution in [1.29, 1.82) is 0 Å². The van der Waals surface area contributed by atoms with Gasteiger partial charge in [-0.05, 0) is 36.2 Å². The zero-order valence-corrected chi connectivity index (χ0v) is 12.6. The minimum Gasteiger partial charge on any atom is -0.334 e. The number of benzene rings is 1. The zero-order valence-electron chi connectivity index (χ0n) is 12.6. The van der Waals surface area contributed by atoms with E-state index < -0.39 is 6.04 Å². The first-order valence-corrected chi connectivity index (χ1v) is 7.54. The van der Waals surface area contributed by atoms with Crippen molar-refractivity contribution in [2.75, 3.05) is 11.4 Å². The number of hydrogen-bond acceptors (Lipinski definition) is 3. The van der Waals surface area contributed by atoms with Crippen molar-refractivity contribution >= 4 is 17.6 Å². The van der Waals surface area contributed by atoms with Crippen LogP contribution in [0.2, 0.25) is 0 Å². The number of nitrogens with zero attached hydrogens (tertiary/aromatic N) is 2. The maximum atomic E-state index is 12.4. The highest BCUT2D eigenvalue weighted by Crippen LogP contribution is 2.20. The van der Waals surface area contributed by atoms with Crippen molar-refractivity contribution in [3.63, 3.8) is 0 Å². The maximum Gasteiger partial charge on any atom is 0.315 e. The Morgan fingerprint density at radius 3 is 2.65 bits per heavy atom. The number of nitrogens with one attached hydrogen (secondary N) is 2. The van der Waals surface area contributed by atoms with Crippen LogP contribution in [0, 0.1) is 0 Å². The minimum atomic E-state index is -0.479. The third kappa shape index (κ3) is 3.66. The van der Waals surface area contributed by atoms with E-state index in [1.807, 2.05) is 42.5 Å². The monoisotopic (exact) mass is 310 g/mol. The lowest BCUT2D eigenvalue weighted by Gasteiger charge is -2.17. The van der Waals surface area contributed by atoms with Crippen LogP contribution in [0.25, 0.3) is 0 Å². The molecule has 2 heterocycles. The Labute approximate surface area is 134 Å². The first kappa shape index (κ1) is 15.0. The lowest BCUT2D eigenvalue weighted by molar-refractivity contribution is -0.118. The fraction of sp³-hybridized carbons (Fsp3) is 0.235. The molecule has 2 N–H and O–H groups in total. The molecule has 6 nitrogen and oxygen atoms in total. The molecular formula is C17H18N4O2. The molecule has 2 aromatic rings. The highest BCUT2D eigenvalue weighted by atomic mass is 16.2. The summed E-state index contributed by atoms with van der Waals surface area (Å²) >= 11 is 0. The van der Waals surface area contributed by atoms with E-state index in [1.54, 1.807) is 17.3 Å². The van der Waals surface area contributed by atoms with Crippen LogP contribution < -0.4 is 15.5 Å². The molecule has 23 heavy (non-hydrogen) atoms. The average Bonchev–Trinajstić information content (AvgIpc) is 2.95. The van der Waals surface area contributed by atoms with Crippen molar-refractivity contribution < 1.29 is 9.59 Å². The number of carbonyl (C=O) groups excluding carboxylic acids is 2. The van der Waals surface area contributed by atoms with Gasteiger partial charge in [-0.1, -0.05) is 18.2 Å². The summed E-state index contributed by atoms with van der Waals surface area (Å²) in [5.41, 5.74) is 1.82. The second-order valence-electron chi connectivity index (χ2n) is 5.35. The van der Waals surface area contributed by atoms with Gasteiger partial charge in [0.05, 0.1) is 0 Å². The molecule has 0 spiro atoms. The van der Waals surface area contributed by atoms with Crippen LogP contribution >= 0.6 is 0 Å². The largest absolute Gasteiger partial charge is 0.334 e. The van der Waals surface area contributed by atoms with Gasteiger partial charge in [0.15, 0.2) is 0 Å². The molecule has 1 aromatic carbocycles. The molecule has 1 atom stereocenters. The number of anilines is 1. The summed E-state index contributed by atoms with van der Waals surface area (Å²) in [6.45, 7) is 1.01. The van der Waals surface area contributed by atoms with E-state index in [2.05, 4.69) is 15.6 Å². The van der Waals surface area contributed by atoms with Gasteiger partial charge in [0.25, 0.3) is 0 Å². The normalized spacial score (nSPS) is 17.1. The van der Waals surface area contributed by atoms with Gasteiger partial charge in [0, 0.05) is 31.2 Å². The summed E-state index contributed by atoms with van der Waals surface area (Å²) in [5.74, 6) is -0.0738. The van der Waals surface area contributed by atoms with E-state index in [1.165, 1.54) is 0 Å². The van der Waals surface area contributed by atoms with E-state index in [9.17, 15) is 9.59 Å². The van der Waals surface area contributed by atoms with E-state index in [0.717, 1.165) is 11.3 Å². The molecule has 0 aliphatic carbocycles. The third-order valence-electron chi connectivity index (χ3n) is 3.78. The number of amides is 3. The van der Waals surface area contributed by atoms with Crippen LogP contribution in [0.4, 0.5) is 10.5 Å². The Bertz CT molecular complexity index is 676. The van der Waals surface area contributed by atoms with Gasteiger partial charge in [0.1, 0.15) is 6.04 Å². The highest BCUT2D eigenvalue weighted by molar-refractivity contribution is 6.01. The summed E-state index contributed by atoms with van der Waals surface area (Å²) in [7, 11) is 0. The van der Waals surface area contributed by atoms with Gasteiger partial charge in [0.2, 0.25) is 5.91 Å². The standard InChI is InChI=1S/C17H18N4O2/c22-16-15(8-11-21(16)14-4-2-1-3-5-14)20-17(23)19-12-13-6-9-18-10-7-13/h1-7,9-10,15H,8,11-12H2,(H2,19,20,23). The first-order valence-electron chi connectivity index (χ1n) is 7.54. The van der Waals surface area contributed by atoms with Crippen LogP contribution in [0.5, 0.6) is 0 Å². The number of para-hydroxylation sites is 1. The summed E-state index contributed by atoms with van der Waals surface area (Å²) in [5, 5.41) is 5.49. The quantitative estimate of drug-likeness (QED) is 0.902. The molecule has 1 unspecified atom stereocenters. The molecule has 6 heteroatoms. The Morgan fingerprint density at radius 1 is 1.17 bits per heavy atom. The topological polar surface area (TPSA) is 74.3 Å². The van der Waals surface area contributed by atoms with E-state index >= 15 is 0 Å². The predicted octanol–water partition coefficient (Wildman–Crippen LogP) is 1.69. The molecule has 1 aliphatic rings. The van der Waals surface area contributed by atoms with Gasteiger partial charge >= 0.3 is 6.03 Å². The van der Waals surface area contributed by atoms with Gasteiger partial charge in [-0.15, -0.1) is 0 Å². The number of carbonyl (C=O) groups is 2. The van der Waals surface area contributed by atoms with Crippen LogP contribution in [0.1, 0.15) is 12.0 Å². The molecule has 0 radical (unpaired) electrons. The second kappa shape index (κ2) is 6.91. The SMILES string of the molecule is O=C(NCc1ccncc1)NC1CCN(c2ccccc2)C1=O. The van der Waals surface area contributed by atoms with Crippen LogP contribution in [-0.2, 0) is 11.3 Å². The molecule has 3 amide bonds. The molecule has 1 aromatic heterocycles. The van der Waals surface area contributed by atoms with Gasteiger partial charge in [-0.3, -0.25) is 9.78 Å². The lowest BCUT2D eigenvalue weighted by atomic mass is 10.2. The van der Waals surface area contributed by atoms with Crippen molar-refractivity contribution in [2.45, 2.75) is 19.0 Å². The number of rotatable bonds is 4. The minimum absolute atomic E-state index is 0.0738. The molecule has 1 saturated heterocycles. The predicted molar refractivity (Wildman–Crippen MR) is 86.8 cm³/mol. The van der Waals surface area contributed by atoms with Crippen molar-refractivity contribution in [1.82, 2.24) is 15.6 Å². The molecule has 0 bridgehead atoms. The maximum absolute atomic E-state index is 12.4. The fourth-order valence-electron chi connectivity index (χ4n) is 2.57. The number of hydrogen-bond donors (Lipinski definition) is 2. The van der Waals surface area contributed by atoms with E-state index in [4.69, 9.17) is 0 Å². The van der Waals surface area contributed by atoms with Crippen LogP contribution in [-0.4, -0.2) is 29.5 Å². The van der Waals surface area contributed by atoms with Gasteiger partial charge in [-0.25, -0.2) is 4.79 Å². The van der Waals surface area contributed by atoms with E-state index in [0.29, 0.717) is 19.5 Å². The molecule has 1 aliphatic heterocycles. The smallest absolute Gasteiger partial charge is 0.315 e. The third-order valence-corrected chi connectivity index (χ3v) is 3.78. The number of urea groups is 1. The van der Waals surface area contributed by atoms with Crippen molar-refractivity contribution in [3.05, 3.63) is 60.4 Å². The van der Waals surface area contributed by atoms with Crippen molar-refractivity contribution in [3.8, 4) is 0 Å². The Kier molecular flexibility index (Phi) is 4.52. The number of pyridine rings is 1. The zero-order chi connectivity index (χ0) is 16.1. The highest BCUT2D eigenvalue weighted by Gasteiger charge is 2.33. The Hall–Kier alpha value is -2.89. The molecule has 1 fully saturated rings. The fourth-order valence-corrected chi connectivity index (χ4v) is 2.57. The summed E-state index contributed by atoms with van der Waals surface area (Å²) in [4.78, 5) is 30.0. The average molecular weight is 310 g/mol. The van der Waals surface area contributed by atoms with Crippen molar-refractivity contribution in [2.24, 2.45) is 0 Å². The lowest BCUT2D eigenvalue weighted by Crippen LogP contribution is -2.45. The summed E-state index contributed by atoms with van der Waals surface area (Å²) in [6.07, 6.45) is 3.96. The summed E-state index contributed by atoms with van der Waals surface area (Å²) < 4.78 is 0. The Balaban J connectivity index is 1.52. The van der Waals surface area contributed by atoms with Gasteiger partial charge in [-0.2, -0.15) is 0 Å². The van der Waals surface area contributed by atoms with Gasteiger partial charge < -0.3 is 15.5 Å². The molecule has 0 saturated carbocycles. The molecule has 3 rings (SSSR count). The van der Waals surface area contributed by atoms with Crippen LogP contribution in [0.3, 0.4) is 0 Å². The molecule has 118 valence electrons. The Morgan fingerprint density at radius 2 is 1.91 bits per heavy atom. The van der Waals surface area contributed by atoms with E-state index in [-0.39, 0.29) is 11.9 Å². The second-order valence-corrected chi connectivity index (χ2v) is 5.35. The first-order chi connectivity index (χ1) is 11.2. The number of aromatic nitrogens is 1. The van der Waals surface area contributed by atoms with Crippen LogP contribution in [0.15, 0.2) is 54.9 Å².